The van der Waals surface area contributed by atoms with Crippen molar-refractivity contribution in [1.82, 2.24) is 20.4 Å². The summed E-state index contributed by atoms with van der Waals surface area (Å²) in [5, 5.41) is 1.62. The molecule has 0 fully saturated rings. The van der Waals surface area contributed by atoms with E-state index in [0.717, 1.165) is 24.2 Å². The number of anilines is 2. The van der Waals surface area contributed by atoms with E-state index in [-0.39, 0.29) is 17.3 Å². The Morgan fingerprint density at radius 3 is 2.71 bits per heavy atom. The van der Waals surface area contributed by atoms with Crippen LogP contribution in [0.3, 0.4) is 0 Å². The number of nitrogens with zero attached hydrogens (tertiary/aromatic N) is 3. The first-order valence-corrected chi connectivity index (χ1v) is 8.35. The highest BCUT2D eigenvalue weighted by atomic mass is 19.4. The zero-order valence-corrected chi connectivity index (χ0v) is 14.4. The lowest BCUT2D eigenvalue weighted by Gasteiger charge is -2.14. The van der Waals surface area contributed by atoms with E-state index in [2.05, 4.69) is 20.4 Å². The fourth-order valence-corrected chi connectivity index (χ4v) is 2.96. The van der Waals surface area contributed by atoms with Gasteiger partial charge in [0.2, 0.25) is 0 Å². The van der Waals surface area contributed by atoms with Crippen molar-refractivity contribution in [2.45, 2.75) is 12.6 Å². The molecule has 2 aromatic heterocycles. The quantitative estimate of drug-likeness (QED) is 0.596. The molecule has 4 N–H and O–H groups in total. The largest absolute Gasteiger partial charge is 0.418 e. The number of hydrogen-bond donors (Lipinski definition) is 3. The monoisotopic (exact) mass is 388 g/mol. The van der Waals surface area contributed by atoms with E-state index in [0.29, 0.717) is 11.6 Å². The number of hydrogen-bond acceptors (Lipinski definition) is 6. The summed E-state index contributed by atoms with van der Waals surface area (Å²) in [6, 6.07) is 5.45. The summed E-state index contributed by atoms with van der Waals surface area (Å²) in [6.45, 7) is 0.727. The Balaban J connectivity index is 1.64. The van der Waals surface area contributed by atoms with Crippen LogP contribution in [0.1, 0.15) is 17.0 Å². The molecule has 0 amide bonds. The number of benzene rings is 1. The minimum atomic E-state index is -4.64. The van der Waals surface area contributed by atoms with Gasteiger partial charge in [0.05, 0.1) is 16.5 Å². The molecule has 0 radical (unpaired) electrons. The van der Waals surface area contributed by atoms with E-state index in [1.54, 1.807) is 11.2 Å². The van der Waals surface area contributed by atoms with Gasteiger partial charge >= 0.3 is 6.18 Å². The lowest BCUT2D eigenvalue weighted by atomic mass is 10.1. The number of aromatic amines is 1. The number of aromatic nitrogens is 3. The summed E-state index contributed by atoms with van der Waals surface area (Å²) in [4.78, 5) is 23.4. The third-order valence-corrected chi connectivity index (χ3v) is 4.29. The number of hydrazine groups is 1. The summed E-state index contributed by atoms with van der Waals surface area (Å²) in [6.07, 6.45) is 1.09. The van der Waals surface area contributed by atoms with Gasteiger partial charge in [0, 0.05) is 31.0 Å². The maximum Gasteiger partial charge on any atom is 0.418 e. The topological polar surface area (TPSA) is 99.9 Å². The molecule has 0 atom stereocenters. The van der Waals surface area contributed by atoms with E-state index < -0.39 is 23.0 Å². The lowest BCUT2D eigenvalue weighted by Crippen LogP contribution is -2.28. The molecule has 0 saturated heterocycles. The Hall–Kier alpha value is -3.40. The molecule has 0 spiro atoms. The standard InChI is InChI=1S/C18H15F3N6O/c19-18(20,21)12-7-11-14(8-13(12)22)25-15(26-17(11)28)6-10-2-3-16(23-9-10)27-5-1-4-24-27/h1-3,5,7-9,24H,4,6,22H2,(H,25,26,28). The second kappa shape index (κ2) is 6.64. The smallest absolute Gasteiger partial charge is 0.398 e. The van der Waals surface area contributed by atoms with Gasteiger partial charge in [-0.05, 0) is 23.8 Å². The van der Waals surface area contributed by atoms with Gasteiger partial charge in [-0.3, -0.25) is 9.80 Å². The molecule has 3 heterocycles. The third-order valence-electron chi connectivity index (χ3n) is 4.29. The van der Waals surface area contributed by atoms with Gasteiger partial charge in [0.1, 0.15) is 11.6 Å². The number of pyridine rings is 1. The molecule has 144 valence electrons. The third kappa shape index (κ3) is 3.41. The summed E-state index contributed by atoms with van der Waals surface area (Å²) >= 11 is 0. The Bertz CT molecular complexity index is 1120. The van der Waals surface area contributed by atoms with Crippen LogP contribution in [0.2, 0.25) is 0 Å². The second-order valence-corrected chi connectivity index (χ2v) is 6.29. The van der Waals surface area contributed by atoms with Crippen LogP contribution in [0.5, 0.6) is 0 Å². The highest BCUT2D eigenvalue weighted by molar-refractivity contribution is 5.83. The van der Waals surface area contributed by atoms with Gasteiger partial charge in [-0.15, -0.1) is 0 Å². The molecule has 1 aromatic carbocycles. The van der Waals surface area contributed by atoms with Crippen molar-refractivity contribution < 1.29 is 13.2 Å². The molecule has 0 saturated carbocycles. The summed E-state index contributed by atoms with van der Waals surface area (Å²) in [5.41, 5.74) is 7.33. The van der Waals surface area contributed by atoms with E-state index in [1.165, 1.54) is 0 Å². The van der Waals surface area contributed by atoms with Gasteiger partial charge in [-0.2, -0.15) is 13.2 Å². The summed E-state index contributed by atoms with van der Waals surface area (Å²) in [5.74, 6) is 1.02. The van der Waals surface area contributed by atoms with Crippen LogP contribution in [0.15, 0.2) is 47.5 Å². The number of nitrogens with two attached hydrogens (primary N) is 1. The molecule has 0 unspecified atom stereocenters. The van der Waals surface area contributed by atoms with Gasteiger partial charge in [-0.25, -0.2) is 15.4 Å². The van der Waals surface area contributed by atoms with Crippen LogP contribution in [-0.2, 0) is 12.6 Å². The predicted molar refractivity (Wildman–Crippen MR) is 98.4 cm³/mol. The average molecular weight is 388 g/mol. The number of nitrogen functional groups attached to an aromatic ring is 1. The number of alkyl halides is 3. The number of halogens is 3. The van der Waals surface area contributed by atoms with Crippen molar-refractivity contribution in [3.8, 4) is 0 Å². The van der Waals surface area contributed by atoms with E-state index in [9.17, 15) is 18.0 Å². The van der Waals surface area contributed by atoms with Crippen LogP contribution in [0.25, 0.3) is 10.9 Å². The molecular formula is C18H15F3N6O. The van der Waals surface area contributed by atoms with Gasteiger partial charge in [0.25, 0.3) is 5.56 Å². The molecule has 1 aliphatic rings. The normalized spacial score (nSPS) is 14.2. The number of fused-ring (bicyclic) bond motifs is 1. The maximum atomic E-state index is 13.0. The zero-order chi connectivity index (χ0) is 19.9. The lowest BCUT2D eigenvalue weighted by molar-refractivity contribution is -0.136. The molecule has 10 heteroatoms. The van der Waals surface area contributed by atoms with Crippen LogP contribution >= 0.6 is 0 Å². The SMILES string of the molecule is Nc1cc2nc(Cc3ccc(N4C=CCN4)nc3)[nH]c(=O)c2cc1C(F)(F)F. The first-order chi connectivity index (χ1) is 13.3. The number of nitrogens with one attached hydrogen (secondary N) is 2. The minimum Gasteiger partial charge on any atom is -0.398 e. The van der Waals surface area contributed by atoms with E-state index in [1.807, 2.05) is 24.4 Å². The number of rotatable bonds is 3. The molecule has 3 aromatic rings. The Morgan fingerprint density at radius 1 is 1.25 bits per heavy atom. The highest BCUT2D eigenvalue weighted by Gasteiger charge is 2.33. The van der Waals surface area contributed by atoms with Gasteiger partial charge < -0.3 is 10.7 Å². The second-order valence-electron chi connectivity index (χ2n) is 6.29. The summed E-state index contributed by atoms with van der Waals surface area (Å²) in [7, 11) is 0. The highest BCUT2D eigenvalue weighted by Crippen LogP contribution is 2.35. The van der Waals surface area contributed by atoms with Gasteiger partial charge in [0.15, 0.2) is 0 Å². The molecule has 0 aliphatic carbocycles. The Morgan fingerprint density at radius 2 is 2.07 bits per heavy atom. The van der Waals surface area contributed by atoms with Crippen LogP contribution in [0.4, 0.5) is 24.7 Å². The molecule has 7 nitrogen and oxygen atoms in total. The average Bonchev–Trinajstić information content (AvgIpc) is 3.15. The van der Waals surface area contributed by atoms with E-state index in [4.69, 9.17) is 5.73 Å². The fourth-order valence-electron chi connectivity index (χ4n) is 2.96. The zero-order valence-electron chi connectivity index (χ0n) is 14.4. The molecule has 0 bridgehead atoms. The minimum absolute atomic E-state index is 0.111. The van der Waals surface area contributed by atoms with Crippen LogP contribution in [0, 0.1) is 0 Å². The fraction of sp³-hybridized carbons (Fsp3) is 0.167. The Labute approximate surface area is 156 Å². The van der Waals surface area contributed by atoms with Gasteiger partial charge in [-0.1, -0.05) is 12.1 Å². The van der Waals surface area contributed by atoms with Crippen LogP contribution < -0.4 is 21.7 Å². The predicted octanol–water partition coefficient (Wildman–Crippen LogP) is 2.35. The first kappa shape index (κ1) is 18.0. The molecule has 28 heavy (non-hydrogen) atoms. The van der Waals surface area contributed by atoms with Crippen molar-refractivity contribution in [3.63, 3.8) is 0 Å². The Kier molecular flexibility index (Phi) is 4.27. The van der Waals surface area contributed by atoms with E-state index >= 15 is 0 Å². The molecule has 1 aliphatic heterocycles. The van der Waals surface area contributed by atoms with Crippen molar-refractivity contribution in [2.24, 2.45) is 0 Å². The maximum absolute atomic E-state index is 13.0. The molecule has 4 rings (SSSR count). The van der Waals surface area contributed by atoms with Crippen molar-refractivity contribution in [2.75, 3.05) is 17.3 Å². The number of H-pyrrole nitrogens is 1. The molecular weight excluding hydrogens is 373 g/mol. The first-order valence-electron chi connectivity index (χ1n) is 8.35. The van der Waals surface area contributed by atoms with Crippen molar-refractivity contribution in [1.29, 1.82) is 0 Å². The van der Waals surface area contributed by atoms with Crippen molar-refractivity contribution in [3.05, 3.63) is 70.0 Å². The van der Waals surface area contributed by atoms with Crippen LogP contribution in [-0.4, -0.2) is 21.5 Å². The van der Waals surface area contributed by atoms with Crippen molar-refractivity contribution >= 4 is 22.4 Å². The summed E-state index contributed by atoms with van der Waals surface area (Å²) < 4.78 is 39.0.